The van der Waals surface area contributed by atoms with Crippen LogP contribution in [-0.2, 0) is 4.79 Å². The zero-order chi connectivity index (χ0) is 17.0. The number of unbranched alkanes of at least 4 members (excludes halogenated alkanes) is 11. The van der Waals surface area contributed by atoms with E-state index >= 15 is 0 Å². The molecule has 0 rings (SSSR count). The summed E-state index contributed by atoms with van der Waals surface area (Å²) in [6.45, 7) is 2.25. The summed E-state index contributed by atoms with van der Waals surface area (Å²) in [4.78, 5) is 10.4. The van der Waals surface area contributed by atoms with Crippen molar-refractivity contribution >= 4 is 5.97 Å². The number of hydrogen-bond donors (Lipinski definition) is 1. The summed E-state index contributed by atoms with van der Waals surface area (Å²) < 4.78 is 0. The molecule has 0 atom stereocenters. The summed E-state index contributed by atoms with van der Waals surface area (Å²) in [5.41, 5.74) is 0. The molecule has 0 fully saturated rings. The number of hydrogen-bond acceptors (Lipinski definition) is 1. The molecule has 0 radical (unpaired) electrons. The largest absolute Gasteiger partial charge is 0.481 e. The van der Waals surface area contributed by atoms with Gasteiger partial charge in [0.15, 0.2) is 0 Å². The van der Waals surface area contributed by atoms with Crippen molar-refractivity contribution in [3.05, 3.63) is 24.3 Å². The topological polar surface area (TPSA) is 37.3 Å². The van der Waals surface area contributed by atoms with Crippen LogP contribution in [0.15, 0.2) is 24.3 Å². The van der Waals surface area contributed by atoms with E-state index in [9.17, 15) is 4.79 Å². The van der Waals surface area contributed by atoms with E-state index in [0.717, 1.165) is 19.3 Å². The van der Waals surface area contributed by atoms with Crippen molar-refractivity contribution in [2.45, 2.75) is 103 Å². The van der Waals surface area contributed by atoms with Gasteiger partial charge in [-0.1, -0.05) is 82.6 Å². The third-order valence-corrected chi connectivity index (χ3v) is 4.09. The molecule has 0 saturated carbocycles. The van der Waals surface area contributed by atoms with E-state index < -0.39 is 5.97 Å². The number of aliphatic carboxylic acids is 1. The van der Waals surface area contributed by atoms with Crippen LogP contribution in [0.2, 0.25) is 0 Å². The molecule has 0 saturated heterocycles. The molecule has 0 aliphatic carbocycles. The Morgan fingerprint density at radius 1 is 0.696 bits per heavy atom. The summed E-state index contributed by atoms with van der Waals surface area (Å²) in [5.74, 6) is -0.664. The maximum Gasteiger partial charge on any atom is 0.303 e. The molecule has 0 heterocycles. The zero-order valence-corrected chi connectivity index (χ0v) is 15.3. The molecule has 0 aliphatic rings. The molecular formula is C21H38O2. The number of allylic oxidation sites excluding steroid dienone is 4. The summed E-state index contributed by atoms with van der Waals surface area (Å²) in [6, 6.07) is 0. The molecule has 0 amide bonds. The lowest BCUT2D eigenvalue weighted by Crippen LogP contribution is -1.93. The number of carbonyl (C=O) groups is 1. The van der Waals surface area contributed by atoms with Gasteiger partial charge >= 0.3 is 5.97 Å². The van der Waals surface area contributed by atoms with E-state index in [0.29, 0.717) is 6.42 Å². The summed E-state index contributed by atoms with van der Waals surface area (Å²) in [6.07, 6.45) is 26.7. The van der Waals surface area contributed by atoms with E-state index in [4.69, 9.17) is 5.11 Å². The van der Waals surface area contributed by atoms with Gasteiger partial charge in [-0.25, -0.2) is 0 Å². The van der Waals surface area contributed by atoms with Crippen LogP contribution in [0.3, 0.4) is 0 Å². The second kappa shape index (κ2) is 19.0. The minimum atomic E-state index is -0.664. The second-order valence-corrected chi connectivity index (χ2v) is 6.44. The van der Waals surface area contributed by atoms with Crippen LogP contribution in [0.1, 0.15) is 103 Å². The van der Waals surface area contributed by atoms with Crippen molar-refractivity contribution in [3.63, 3.8) is 0 Å². The van der Waals surface area contributed by atoms with Gasteiger partial charge in [-0.2, -0.15) is 0 Å². The Kier molecular flexibility index (Phi) is 18.1. The Bertz CT molecular complexity index is 305. The molecule has 0 unspecified atom stereocenters. The first kappa shape index (κ1) is 21.9. The molecule has 0 bridgehead atoms. The summed E-state index contributed by atoms with van der Waals surface area (Å²) in [5, 5.41) is 8.54. The molecule has 2 heteroatoms. The molecule has 0 aliphatic heterocycles. The highest BCUT2D eigenvalue weighted by Crippen LogP contribution is 2.10. The van der Waals surface area contributed by atoms with E-state index in [1.807, 2.05) is 0 Å². The van der Waals surface area contributed by atoms with Crippen molar-refractivity contribution < 1.29 is 9.90 Å². The lowest BCUT2D eigenvalue weighted by atomic mass is 10.1. The van der Waals surface area contributed by atoms with Gasteiger partial charge in [0.05, 0.1) is 0 Å². The maximum absolute atomic E-state index is 10.4. The molecule has 2 nitrogen and oxygen atoms in total. The average Bonchev–Trinajstić information content (AvgIpc) is 2.53. The second-order valence-electron chi connectivity index (χ2n) is 6.44. The van der Waals surface area contributed by atoms with Gasteiger partial charge in [0.1, 0.15) is 0 Å². The van der Waals surface area contributed by atoms with Gasteiger partial charge < -0.3 is 5.11 Å². The molecule has 23 heavy (non-hydrogen) atoms. The predicted octanol–water partition coefficient (Wildman–Crippen LogP) is 7.05. The lowest BCUT2D eigenvalue weighted by molar-refractivity contribution is -0.137. The standard InChI is InChI=1S/C21H38O2/c1-2-3-4-5-6-7-8-9-10-11-12-13-14-15-16-17-18-19-20-21(22)23/h7-8,10-11H,2-6,9,12-20H2,1H3,(H,22,23)/b8-7-,11-10-. The van der Waals surface area contributed by atoms with Crippen LogP contribution < -0.4 is 0 Å². The van der Waals surface area contributed by atoms with Gasteiger partial charge in [-0.15, -0.1) is 0 Å². The molecule has 0 aromatic carbocycles. The van der Waals surface area contributed by atoms with Crippen molar-refractivity contribution in [2.24, 2.45) is 0 Å². The number of carboxylic acids is 1. The third-order valence-electron chi connectivity index (χ3n) is 4.09. The maximum atomic E-state index is 10.4. The van der Waals surface area contributed by atoms with Gasteiger partial charge in [0.2, 0.25) is 0 Å². The first-order chi connectivity index (χ1) is 11.3. The molecule has 134 valence electrons. The molecule has 0 aromatic heterocycles. The minimum Gasteiger partial charge on any atom is -0.481 e. The van der Waals surface area contributed by atoms with Gasteiger partial charge in [0, 0.05) is 6.42 Å². The lowest BCUT2D eigenvalue weighted by Gasteiger charge is -2.00. The quantitative estimate of drug-likeness (QED) is 0.230. The first-order valence-electron chi connectivity index (χ1n) is 9.79. The van der Waals surface area contributed by atoms with Gasteiger partial charge in [-0.3, -0.25) is 4.79 Å². The fourth-order valence-corrected chi connectivity index (χ4v) is 2.62. The summed E-state index contributed by atoms with van der Waals surface area (Å²) >= 11 is 0. The molecular weight excluding hydrogens is 284 g/mol. The Morgan fingerprint density at radius 2 is 1.17 bits per heavy atom. The Balaban J connectivity index is 3.16. The van der Waals surface area contributed by atoms with Crippen LogP contribution in [0.25, 0.3) is 0 Å². The molecule has 0 aromatic rings. The van der Waals surface area contributed by atoms with E-state index in [1.54, 1.807) is 0 Å². The SMILES string of the molecule is CCCCCC/C=C\C/C=C\CCCCCCCCCC(=O)O. The minimum absolute atomic E-state index is 0.331. The van der Waals surface area contributed by atoms with E-state index in [1.165, 1.54) is 70.6 Å². The monoisotopic (exact) mass is 322 g/mol. The van der Waals surface area contributed by atoms with E-state index in [-0.39, 0.29) is 0 Å². The van der Waals surface area contributed by atoms with Crippen LogP contribution in [0, 0.1) is 0 Å². The van der Waals surface area contributed by atoms with Gasteiger partial charge in [0.25, 0.3) is 0 Å². The fraction of sp³-hybridized carbons (Fsp3) is 0.762. The zero-order valence-electron chi connectivity index (χ0n) is 15.3. The highest BCUT2D eigenvalue weighted by molar-refractivity contribution is 5.66. The highest BCUT2D eigenvalue weighted by Gasteiger charge is 1.96. The number of rotatable bonds is 17. The van der Waals surface area contributed by atoms with Crippen molar-refractivity contribution in [3.8, 4) is 0 Å². The highest BCUT2D eigenvalue weighted by atomic mass is 16.4. The fourth-order valence-electron chi connectivity index (χ4n) is 2.62. The van der Waals surface area contributed by atoms with E-state index in [2.05, 4.69) is 31.2 Å². The first-order valence-corrected chi connectivity index (χ1v) is 9.79. The normalized spacial score (nSPS) is 11.7. The van der Waals surface area contributed by atoms with Crippen LogP contribution in [0.4, 0.5) is 0 Å². The Labute approximate surface area is 144 Å². The van der Waals surface area contributed by atoms with Crippen LogP contribution in [-0.4, -0.2) is 11.1 Å². The molecule has 1 N–H and O–H groups in total. The van der Waals surface area contributed by atoms with Gasteiger partial charge in [-0.05, 0) is 38.5 Å². The third kappa shape index (κ3) is 21.0. The smallest absolute Gasteiger partial charge is 0.303 e. The van der Waals surface area contributed by atoms with Crippen LogP contribution in [0.5, 0.6) is 0 Å². The van der Waals surface area contributed by atoms with Crippen molar-refractivity contribution in [1.29, 1.82) is 0 Å². The Hall–Kier alpha value is -1.05. The summed E-state index contributed by atoms with van der Waals surface area (Å²) in [7, 11) is 0. The van der Waals surface area contributed by atoms with Crippen LogP contribution >= 0.6 is 0 Å². The predicted molar refractivity (Wildman–Crippen MR) is 101 cm³/mol. The van der Waals surface area contributed by atoms with Crippen molar-refractivity contribution in [1.82, 2.24) is 0 Å². The average molecular weight is 323 g/mol. The number of carboxylic acid groups (broad SMARTS) is 1. The Morgan fingerprint density at radius 3 is 1.70 bits per heavy atom. The molecule has 0 spiro atoms. The van der Waals surface area contributed by atoms with Crippen molar-refractivity contribution in [2.75, 3.05) is 0 Å².